The first-order chi connectivity index (χ1) is 9.28. The second-order valence-corrected chi connectivity index (χ2v) is 5.62. The summed E-state index contributed by atoms with van der Waals surface area (Å²) in [5, 5.41) is 0.978. The van der Waals surface area contributed by atoms with Gasteiger partial charge in [-0.15, -0.1) is 0 Å². The zero-order chi connectivity index (χ0) is 13.6. The lowest BCUT2D eigenvalue weighted by Crippen LogP contribution is -2.35. The lowest BCUT2D eigenvalue weighted by molar-refractivity contribution is -0.00463. The molecule has 4 heteroatoms. The molecular weight excluding hydrogens is 308 g/mol. The van der Waals surface area contributed by atoms with Gasteiger partial charge in [0.1, 0.15) is 11.5 Å². The molecule has 1 atom stereocenters. The SMILES string of the molecule is COc1ccc(OCCC2(CBr)CCCOC2)cc1. The van der Waals surface area contributed by atoms with Crippen LogP contribution in [0.1, 0.15) is 19.3 Å². The van der Waals surface area contributed by atoms with E-state index in [-0.39, 0.29) is 5.41 Å². The highest BCUT2D eigenvalue weighted by Crippen LogP contribution is 2.34. The zero-order valence-electron chi connectivity index (χ0n) is 11.4. The summed E-state index contributed by atoms with van der Waals surface area (Å²) in [4.78, 5) is 0. The predicted molar refractivity (Wildman–Crippen MR) is 79.4 cm³/mol. The van der Waals surface area contributed by atoms with Gasteiger partial charge in [0, 0.05) is 17.4 Å². The van der Waals surface area contributed by atoms with Crippen LogP contribution < -0.4 is 9.47 Å². The maximum absolute atomic E-state index is 5.80. The Bertz CT molecular complexity index is 371. The van der Waals surface area contributed by atoms with E-state index in [2.05, 4.69) is 15.9 Å². The molecule has 2 rings (SSSR count). The van der Waals surface area contributed by atoms with Gasteiger partial charge in [0.2, 0.25) is 0 Å². The summed E-state index contributed by atoms with van der Waals surface area (Å²) in [6.07, 6.45) is 3.38. The van der Waals surface area contributed by atoms with Crippen LogP contribution in [0.4, 0.5) is 0 Å². The minimum absolute atomic E-state index is 0.241. The van der Waals surface area contributed by atoms with E-state index in [4.69, 9.17) is 14.2 Å². The maximum atomic E-state index is 5.80. The van der Waals surface area contributed by atoms with Crippen molar-refractivity contribution in [2.75, 3.05) is 32.3 Å². The van der Waals surface area contributed by atoms with Crippen molar-refractivity contribution >= 4 is 15.9 Å². The third-order valence-corrected chi connectivity index (χ3v) is 4.84. The zero-order valence-corrected chi connectivity index (χ0v) is 12.9. The van der Waals surface area contributed by atoms with Crippen molar-refractivity contribution in [3.8, 4) is 11.5 Å². The second-order valence-electron chi connectivity index (χ2n) is 5.06. The summed E-state index contributed by atoms with van der Waals surface area (Å²) in [6, 6.07) is 7.71. The molecule has 0 N–H and O–H groups in total. The molecule has 19 heavy (non-hydrogen) atoms. The molecule has 0 aliphatic carbocycles. The molecule has 0 bridgehead atoms. The summed E-state index contributed by atoms with van der Waals surface area (Å²) in [6.45, 7) is 2.46. The van der Waals surface area contributed by atoms with Crippen LogP contribution in [0.5, 0.6) is 11.5 Å². The van der Waals surface area contributed by atoms with Crippen molar-refractivity contribution < 1.29 is 14.2 Å². The third kappa shape index (κ3) is 4.11. The molecule has 1 saturated heterocycles. The largest absolute Gasteiger partial charge is 0.497 e. The number of methoxy groups -OCH3 is 1. The summed E-state index contributed by atoms with van der Waals surface area (Å²) < 4.78 is 16.5. The van der Waals surface area contributed by atoms with E-state index in [9.17, 15) is 0 Å². The van der Waals surface area contributed by atoms with Crippen molar-refractivity contribution in [3.05, 3.63) is 24.3 Å². The highest BCUT2D eigenvalue weighted by molar-refractivity contribution is 9.09. The van der Waals surface area contributed by atoms with E-state index in [1.165, 1.54) is 6.42 Å². The van der Waals surface area contributed by atoms with Crippen molar-refractivity contribution in [3.63, 3.8) is 0 Å². The molecule has 0 aromatic heterocycles. The molecule has 106 valence electrons. The summed E-state index contributed by atoms with van der Waals surface area (Å²) in [5.74, 6) is 1.74. The van der Waals surface area contributed by atoms with Gasteiger partial charge >= 0.3 is 0 Å². The quantitative estimate of drug-likeness (QED) is 0.746. The van der Waals surface area contributed by atoms with Gasteiger partial charge in [0.25, 0.3) is 0 Å². The fourth-order valence-electron chi connectivity index (χ4n) is 2.34. The molecule has 1 aromatic carbocycles. The van der Waals surface area contributed by atoms with Gasteiger partial charge in [-0.2, -0.15) is 0 Å². The molecule has 1 aliphatic rings. The number of benzene rings is 1. The standard InChI is InChI=1S/C15H21BrO3/c1-17-13-3-5-14(6-4-13)19-10-8-15(11-16)7-2-9-18-12-15/h3-6H,2,7-12H2,1H3. The number of hydrogen-bond acceptors (Lipinski definition) is 3. The van der Waals surface area contributed by atoms with Gasteiger partial charge in [0.05, 0.1) is 20.3 Å². The number of rotatable bonds is 6. The Labute approximate surface area is 123 Å². The molecule has 1 aromatic rings. The monoisotopic (exact) mass is 328 g/mol. The average molecular weight is 329 g/mol. The molecule has 1 unspecified atom stereocenters. The molecule has 1 aliphatic heterocycles. The fourth-order valence-corrected chi connectivity index (χ4v) is 3.06. The van der Waals surface area contributed by atoms with Crippen molar-refractivity contribution in [2.24, 2.45) is 5.41 Å². The lowest BCUT2D eigenvalue weighted by atomic mass is 9.82. The van der Waals surface area contributed by atoms with Crippen LogP contribution in [-0.2, 0) is 4.74 Å². The van der Waals surface area contributed by atoms with Gasteiger partial charge in [-0.25, -0.2) is 0 Å². The first kappa shape index (κ1) is 14.7. The van der Waals surface area contributed by atoms with E-state index in [0.717, 1.165) is 49.5 Å². The van der Waals surface area contributed by atoms with Gasteiger partial charge in [-0.3, -0.25) is 0 Å². The Morgan fingerprint density at radius 1 is 1.26 bits per heavy atom. The molecule has 3 nitrogen and oxygen atoms in total. The molecule has 1 fully saturated rings. The Hall–Kier alpha value is -0.740. The minimum Gasteiger partial charge on any atom is -0.497 e. The van der Waals surface area contributed by atoms with E-state index in [1.807, 2.05) is 24.3 Å². The second kappa shape index (κ2) is 7.15. The summed E-state index contributed by atoms with van der Waals surface area (Å²) in [5.41, 5.74) is 0.241. The van der Waals surface area contributed by atoms with Crippen LogP contribution >= 0.6 is 15.9 Å². The average Bonchev–Trinajstić information content (AvgIpc) is 2.49. The topological polar surface area (TPSA) is 27.7 Å². The summed E-state index contributed by atoms with van der Waals surface area (Å²) >= 11 is 3.62. The van der Waals surface area contributed by atoms with Gasteiger partial charge in [-0.05, 0) is 43.5 Å². The molecule has 0 radical (unpaired) electrons. The van der Waals surface area contributed by atoms with Crippen LogP contribution in [0.3, 0.4) is 0 Å². The van der Waals surface area contributed by atoms with E-state index < -0.39 is 0 Å². The molecular formula is C15H21BrO3. The molecule has 1 heterocycles. The maximum Gasteiger partial charge on any atom is 0.119 e. The Balaban J connectivity index is 1.81. The smallest absolute Gasteiger partial charge is 0.119 e. The molecule has 0 spiro atoms. The first-order valence-corrected chi connectivity index (χ1v) is 7.81. The van der Waals surface area contributed by atoms with Crippen molar-refractivity contribution in [1.82, 2.24) is 0 Å². The number of hydrogen-bond donors (Lipinski definition) is 0. The van der Waals surface area contributed by atoms with E-state index in [0.29, 0.717) is 0 Å². The molecule has 0 amide bonds. The van der Waals surface area contributed by atoms with Crippen LogP contribution in [0.15, 0.2) is 24.3 Å². The fraction of sp³-hybridized carbons (Fsp3) is 0.600. The highest BCUT2D eigenvalue weighted by Gasteiger charge is 2.31. The van der Waals surface area contributed by atoms with Gasteiger partial charge < -0.3 is 14.2 Å². The van der Waals surface area contributed by atoms with Crippen LogP contribution in [0.25, 0.3) is 0 Å². The lowest BCUT2D eigenvalue weighted by Gasteiger charge is -2.35. The highest BCUT2D eigenvalue weighted by atomic mass is 79.9. The van der Waals surface area contributed by atoms with Crippen molar-refractivity contribution in [1.29, 1.82) is 0 Å². The first-order valence-electron chi connectivity index (χ1n) is 6.69. The number of ether oxygens (including phenoxy) is 3. The van der Waals surface area contributed by atoms with Crippen LogP contribution in [-0.4, -0.2) is 32.3 Å². The minimum atomic E-state index is 0.241. The van der Waals surface area contributed by atoms with Crippen molar-refractivity contribution in [2.45, 2.75) is 19.3 Å². The number of halogens is 1. The van der Waals surface area contributed by atoms with Crippen LogP contribution in [0.2, 0.25) is 0 Å². The number of alkyl halides is 1. The molecule has 0 saturated carbocycles. The van der Waals surface area contributed by atoms with Crippen LogP contribution in [0, 0.1) is 5.41 Å². The van der Waals surface area contributed by atoms with Gasteiger partial charge in [0.15, 0.2) is 0 Å². The predicted octanol–water partition coefficient (Wildman–Crippen LogP) is 3.66. The Morgan fingerprint density at radius 2 is 2.00 bits per heavy atom. The Morgan fingerprint density at radius 3 is 2.58 bits per heavy atom. The van der Waals surface area contributed by atoms with E-state index >= 15 is 0 Å². The van der Waals surface area contributed by atoms with Gasteiger partial charge in [-0.1, -0.05) is 15.9 Å². The third-order valence-electron chi connectivity index (χ3n) is 3.65. The summed E-state index contributed by atoms with van der Waals surface area (Å²) in [7, 11) is 1.67. The van der Waals surface area contributed by atoms with E-state index in [1.54, 1.807) is 7.11 Å². The Kier molecular flexibility index (Phi) is 5.52. The normalized spacial score (nSPS) is 23.1.